The van der Waals surface area contributed by atoms with Gasteiger partial charge in [-0.1, -0.05) is 36.9 Å². The van der Waals surface area contributed by atoms with Gasteiger partial charge in [-0.2, -0.15) is 0 Å². The second kappa shape index (κ2) is 7.40. The normalized spacial score (nSPS) is 12.1. The minimum Gasteiger partial charge on any atom is -0.497 e. The number of para-hydroxylation sites is 2. The highest BCUT2D eigenvalue weighted by atomic mass is 32.2. The van der Waals surface area contributed by atoms with Gasteiger partial charge in [0.05, 0.1) is 23.4 Å². The second-order valence-electron chi connectivity index (χ2n) is 5.30. The quantitative estimate of drug-likeness (QED) is 0.663. The monoisotopic (exact) mass is 341 g/mol. The zero-order chi connectivity index (χ0) is 16.9. The lowest BCUT2D eigenvalue weighted by atomic mass is 10.2. The fourth-order valence-electron chi connectivity index (χ4n) is 2.37. The van der Waals surface area contributed by atoms with E-state index < -0.39 is 0 Å². The molecule has 0 saturated carbocycles. The number of nitrogens with zero attached hydrogens (tertiary/aromatic N) is 1. The Kier molecular flexibility index (Phi) is 5.05. The molecule has 3 rings (SSSR count). The standard InChI is InChI=1S/C18H19N3O2S/c1-3-16(17(22)19-12-7-6-8-13(11-12)23-2)24-18-20-14-9-4-5-10-15(14)21-18/h4-11,16H,3H2,1-2H3,(H,19,22)(H,20,21). The molecule has 0 radical (unpaired) electrons. The van der Waals surface area contributed by atoms with Crippen LogP contribution in [0.5, 0.6) is 5.75 Å². The van der Waals surface area contributed by atoms with E-state index in [-0.39, 0.29) is 11.2 Å². The molecule has 2 N–H and O–H groups in total. The maximum Gasteiger partial charge on any atom is 0.237 e. The van der Waals surface area contributed by atoms with Crippen molar-refractivity contribution in [1.29, 1.82) is 0 Å². The number of thioether (sulfide) groups is 1. The first-order valence-electron chi connectivity index (χ1n) is 7.76. The summed E-state index contributed by atoms with van der Waals surface area (Å²) in [4.78, 5) is 20.3. The summed E-state index contributed by atoms with van der Waals surface area (Å²) in [5, 5.41) is 3.47. The van der Waals surface area contributed by atoms with Gasteiger partial charge in [0.2, 0.25) is 5.91 Å². The van der Waals surface area contributed by atoms with Gasteiger partial charge >= 0.3 is 0 Å². The Hall–Kier alpha value is -2.47. The van der Waals surface area contributed by atoms with Gasteiger partial charge in [0.15, 0.2) is 5.16 Å². The average molecular weight is 341 g/mol. The number of aromatic nitrogens is 2. The lowest BCUT2D eigenvalue weighted by Crippen LogP contribution is -2.24. The van der Waals surface area contributed by atoms with Crippen molar-refractivity contribution in [3.05, 3.63) is 48.5 Å². The van der Waals surface area contributed by atoms with E-state index in [1.54, 1.807) is 13.2 Å². The average Bonchev–Trinajstić information content (AvgIpc) is 3.02. The van der Waals surface area contributed by atoms with Crippen LogP contribution >= 0.6 is 11.8 Å². The summed E-state index contributed by atoms with van der Waals surface area (Å²) in [5.74, 6) is 0.669. The molecule has 0 bridgehead atoms. The van der Waals surface area contributed by atoms with Gasteiger partial charge < -0.3 is 15.0 Å². The molecule has 3 aromatic rings. The Bertz CT molecular complexity index is 814. The van der Waals surface area contributed by atoms with Crippen molar-refractivity contribution in [1.82, 2.24) is 9.97 Å². The van der Waals surface area contributed by atoms with Crippen molar-refractivity contribution >= 4 is 34.4 Å². The number of methoxy groups -OCH3 is 1. The smallest absolute Gasteiger partial charge is 0.237 e. The first kappa shape index (κ1) is 16.4. The number of hydrogen-bond acceptors (Lipinski definition) is 4. The number of carbonyl (C=O) groups excluding carboxylic acids is 1. The maximum absolute atomic E-state index is 12.5. The maximum atomic E-state index is 12.5. The van der Waals surface area contributed by atoms with Crippen molar-refractivity contribution in [2.75, 3.05) is 12.4 Å². The Morgan fingerprint density at radius 2 is 2.12 bits per heavy atom. The first-order valence-corrected chi connectivity index (χ1v) is 8.64. The molecule has 1 atom stereocenters. The molecule has 0 saturated heterocycles. The first-order chi connectivity index (χ1) is 11.7. The van der Waals surface area contributed by atoms with Crippen LogP contribution in [0.25, 0.3) is 11.0 Å². The van der Waals surface area contributed by atoms with E-state index in [0.717, 1.165) is 21.9 Å². The van der Waals surface area contributed by atoms with Gasteiger partial charge in [-0.05, 0) is 30.7 Å². The molecule has 2 aromatic carbocycles. The molecule has 5 nitrogen and oxygen atoms in total. The highest BCUT2D eigenvalue weighted by Crippen LogP contribution is 2.26. The van der Waals surface area contributed by atoms with Crippen molar-refractivity contribution < 1.29 is 9.53 Å². The summed E-state index contributed by atoms with van der Waals surface area (Å²) >= 11 is 1.44. The lowest BCUT2D eigenvalue weighted by molar-refractivity contribution is -0.115. The predicted molar refractivity (Wildman–Crippen MR) is 97.7 cm³/mol. The van der Waals surface area contributed by atoms with Gasteiger partial charge in [0.1, 0.15) is 5.75 Å². The molecular formula is C18H19N3O2S. The van der Waals surface area contributed by atoms with Crippen molar-refractivity contribution in [2.45, 2.75) is 23.8 Å². The molecule has 0 aliphatic carbocycles. The van der Waals surface area contributed by atoms with Crippen LogP contribution in [-0.2, 0) is 4.79 Å². The number of nitrogens with one attached hydrogen (secondary N) is 2. The minimum absolute atomic E-state index is 0.0452. The third kappa shape index (κ3) is 3.71. The fourth-order valence-corrected chi connectivity index (χ4v) is 3.29. The number of imidazole rings is 1. The Morgan fingerprint density at radius 3 is 2.88 bits per heavy atom. The SMILES string of the molecule is CCC(Sc1nc2ccccc2[nH]1)C(=O)Nc1cccc(OC)c1. The van der Waals surface area contributed by atoms with Crippen molar-refractivity contribution in [3.8, 4) is 5.75 Å². The number of amides is 1. The molecular weight excluding hydrogens is 322 g/mol. The van der Waals surface area contributed by atoms with E-state index in [4.69, 9.17) is 4.74 Å². The highest BCUT2D eigenvalue weighted by molar-refractivity contribution is 8.00. The molecule has 0 fully saturated rings. The van der Waals surface area contributed by atoms with E-state index in [0.29, 0.717) is 12.2 Å². The Morgan fingerprint density at radius 1 is 1.29 bits per heavy atom. The van der Waals surface area contributed by atoms with Crippen LogP contribution in [0.3, 0.4) is 0 Å². The largest absolute Gasteiger partial charge is 0.497 e. The molecule has 0 aliphatic heterocycles. The molecule has 6 heteroatoms. The number of anilines is 1. The fraction of sp³-hybridized carbons (Fsp3) is 0.222. The number of ether oxygens (including phenoxy) is 1. The summed E-state index contributed by atoms with van der Waals surface area (Å²) in [7, 11) is 1.60. The number of carbonyl (C=O) groups is 1. The van der Waals surface area contributed by atoms with E-state index in [9.17, 15) is 4.79 Å². The number of hydrogen-bond donors (Lipinski definition) is 2. The van der Waals surface area contributed by atoms with Gasteiger partial charge in [0.25, 0.3) is 0 Å². The topological polar surface area (TPSA) is 67.0 Å². The van der Waals surface area contributed by atoms with Crippen LogP contribution in [0.4, 0.5) is 5.69 Å². The van der Waals surface area contributed by atoms with E-state index in [1.165, 1.54) is 11.8 Å². The van der Waals surface area contributed by atoms with Gasteiger partial charge in [-0.25, -0.2) is 4.98 Å². The summed E-state index contributed by atoms with van der Waals surface area (Å²) in [6.07, 6.45) is 0.706. The van der Waals surface area contributed by atoms with Crippen LogP contribution in [0.15, 0.2) is 53.7 Å². The zero-order valence-corrected chi connectivity index (χ0v) is 14.4. The number of fused-ring (bicyclic) bond motifs is 1. The van der Waals surface area contributed by atoms with Crippen molar-refractivity contribution in [2.24, 2.45) is 0 Å². The van der Waals surface area contributed by atoms with Crippen LogP contribution < -0.4 is 10.1 Å². The van der Waals surface area contributed by atoms with E-state index >= 15 is 0 Å². The summed E-state index contributed by atoms with van der Waals surface area (Å²) < 4.78 is 5.18. The third-order valence-electron chi connectivity index (χ3n) is 3.62. The van der Waals surface area contributed by atoms with Gasteiger partial charge in [0, 0.05) is 11.8 Å². The molecule has 1 amide bonds. The van der Waals surface area contributed by atoms with Crippen molar-refractivity contribution in [3.63, 3.8) is 0 Å². The van der Waals surface area contributed by atoms with Crippen LogP contribution in [0.1, 0.15) is 13.3 Å². The minimum atomic E-state index is -0.225. The molecule has 0 spiro atoms. The second-order valence-corrected chi connectivity index (χ2v) is 6.49. The third-order valence-corrected chi connectivity index (χ3v) is 4.87. The molecule has 24 heavy (non-hydrogen) atoms. The van der Waals surface area contributed by atoms with Gasteiger partial charge in [-0.15, -0.1) is 0 Å². The number of H-pyrrole nitrogens is 1. The molecule has 1 aromatic heterocycles. The van der Waals surface area contributed by atoms with E-state index in [1.807, 2.05) is 49.4 Å². The van der Waals surface area contributed by atoms with Crippen LogP contribution in [-0.4, -0.2) is 28.2 Å². The molecule has 1 heterocycles. The summed E-state index contributed by atoms with van der Waals surface area (Å²) in [6.45, 7) is 1.99. The zero-order valence-electron chi connectivity index (χ0n) is 13.6. The Labute approximate surface area is 144 Å². The van der Waals surface area contributed by atoms with Gasteiger partial charge in [-0.3, -0.25) is 4.79 Å². The molecule has 0 aliphatic rings. The number of aromatic amines is 1. The lowest BCUT2D eigenvalue weighted by Gasteiger charge is -2.13. The molecule has 1 unspecified atom stereocenters. The molecule has 124 valence electrons. The Balaban J connectivity index is 1.71. The van der Waals surface area contributed by atoms with Crippen LogP contribution in [0.2, 0.25) is 0 Å². The number of benzene rings is 2. The van der Waals surface area contributed by atoms with E-state index in [2.05, 4.69) is 15.3 Å². The highest BCUT2D eigenvalue weighted by Gasteiger charge is 2.20. The predicted octanol–water partition coefficient (Wildman–Crippen LogP) is 4.08. The summed E-state index contributed by atoms with van der Waals surface area (Å²) in [5.41, 5.74) is 2.61. The van der Waals surface area contributed by atoms with Crippen LogP contribution in [0, 0.1) is 0 Å². The number of rotatable bonds is 6. The summed E-state index contributed by atoms with van der Waals surface area (Å²) in [6, 6.07) is 15.2.